The number of nitrogens with one attached hydrogen (secondary N) is 1. The molecule has 110 valence electrons. The normalized spacial score (nSPS) is 11.8. The van der Waals surface area contributed by atoms with Gasteiger partial charge in [-0.3, -0.25) is 9.59 Å². The molecule has 20 heavy (non-hydrogen) atoms. The molecule has 3 N–H and O–H groups in total. The van der Waals surface area contributed by atoms with Crippen molar-refractivity contribution in [1.82, 2.24) is 4.90 Å². The number of nitrogens with zero attached hydrogens (tertiary/aromatic N) is 1. The molecule has 2 amide bonds. The van der Waals surface area contributed by atoms with Crippen LogP contribution < -0.4 is 11.1 Å². The lowest BCUT2D eigenvalue weighted by Crippen LogP contribution is -2.22. The number of anilines is 1. The average Bonchev–Trinajstić information content (AvgIpc) is 2.37. The molecule has 0 saturated carbocycles. The molecule has 1 unspecified atom stereocenters. The molecule has 1 aromatic rings. The molecule has 0 aromatic heterocycles. The summed E-state index contributed by atoms with van der Waals surface area (Å²) in [4.78, 5) is 25.1. The molecule has 0 aliphatic heterocycles. The maximum absolute atomic E-state index is 11.9. The first kappa shape index (κ1) is 16.5. The van der Waals surface area contributed by atoms with Crippen LogP contribution in [0.5, 0.6) is 0 Å². The highest BCUT2D eigenvalue weighted by atomic mass is 35.5. The molecule has 6 heteroatoms. The third-order valence-corrected chi connectivity index (χ3v) is 3.04. The topological polar surface area (TPSA) is 75.4 Å². The average molecular weight is 298 g/mol. The molecule has 0 radical (unpaired) electrons. The van der Waals surface area contributed by atoms with E-state index in [4.69, 9.17) is 17.3 Å². The van der Waals surface area contributed by atoms with E-state index >= 15 is 0 Å². The van der Waals surface area contributed by atoms with Gasteiger partial charge in [-0.2, -0.15) is 0 Å². The predicted molar refractivity (Wildman–Crippen MR) is 81.0 cm³/mol. The number of carbonyl (C=O) groups excluding carboxylic acids is 2. The second-order valence-electron chi connectivity index (χ2n) is 4.96. The summed E-state index contributed by atoms with van der Waals surface area (Å²) in [5, 5.41) is 3.09. The Bertz CT molecular complexity index is 501. The fourth-order valence-corrected chi connectivity index (χ4v) is 1.79. The molecule has 0 aliphatic rings. The fraction of sp³-hybridized carbons (Fsp3) is 0.429. The first-order valence-corrected chi connectivity index (χ1v) is 6.75. The molecule has 1 aromatic carbocycles. The number of halogens is 1. The van der Waals surface area contributed by atoms with Gasteiger partial charge in [-0.15, -0.1) is 0 Å². The van der Waals surface area contributed by atoms with Crippen LogP contribution in [0.25, 0.3) is 0 Å². The molecule has 1 rings (SSSR count). The van der Waals surface area contributed by atoms with Crippen molar-refractivity contribution in [3.63, 3.8) is 0 Å². The molecule has 0 spiro atoms. The Morgan fingerprint density at radius 3 is 2.60 bits per heavy atom. The van der Waals surface area contributed by atoms with Crippen LogP contribution in [0.1, 0.15) is 30.1 Å². The molecule has 0 heterocycles. The van der Waals surface area contributed by atoms with E-state index < -0.39 is 0 Å². The van der Waals surface area contributed by atoms with Crippen molar-refractivity contribution in [3.05, 3.63) is 28.8 Å². The van der Waals surface area contributed by atoms with Gasteiger partial charge in [-0.25, -0.2) is 0 Å². The van der Waals surface area contributed by atoms with Gasteiger partial charge in [0.15, 0.2) is 0 Å². The second kappa shape index (κ2) is 7.26. The fourth-order valence-electron chi connectivity index (χ4n) is 1.59. The van der Waals surface area contributed by atoms with Gasteiger partial charge in [0.05, 0.1) is 10.6 Å². The first-order valence-electron chi connectivity index (χ1n) is 6.38. The smallest absolute Gasteiger partial charge is 0.254 e. The van der Waals surface area contributed by atoms with E-state index in [9.17, 15) is 9.59 Å². The summed E-state index contributed by atoms with van der Waals surface area (Å²) in [7, 11) is 3.29. The largest absolute Gasteiger partial charge is 0.345 e. The zero-order chi connectivity index (χ0) is 15.3. The highest BCUT2D eigenvalue weighted by Gasteiger charge is 2.14. The molecular weight excluding hydrogens is 278 g/mol. The van der Waals surface area contributed by atoms with Crippen molar-refractivity contribution >= 4 is 29.1 Å². The van der Waals surface area contributed by atoms with E-state index in [-0.39, 0.29) is 17.9 Å². The van der Waals surface area contributed by atoms with Crippen molar-refractivity contribution in [2.24, 2.45) is 5.73 Å². The minimum absolute atomic E-state index is 0.0168. The van der Waals surface area contributed by atoms with E-state index in [1.807, 2.05) is 6.92 Å². The van der Waals surface area contributed by atoms with Crippen LogP contribution in [0.15, 0.2) is 18.2 Å². The van der Waals surface area contributed by atoms with Crippen LogP contribution in [0.4, 0.5) is 5.69 Å². The summed E-state index contributed by atoms with van der Waals surface area (Å²) >= 11 is 6.00. The first-order chi connectivity index (χ1) is 9.31. The molecule has 0 bridgehead atoms. The number of carbonyl (C=O) groups is 2. The lowest BCUT2D eigenvalue weighted by Gasteiger charge is -2.13. The van der Waals surface area contributed by atoms with E-state index in [1.165, 1.54) is 4.90 Å². The van der Waals surface area contributed by atoms with Gasteiger partial charge in [0.1, 0.15) is 0 Å². The maximum atomic E-state index is 11.9. The zero-order valence-electron chi connectivity index (χ0n) is 11.9. The Balaban J connectivity index is 2.80. The third-order valence-electron chi connectivity index (χ3n) is 2.71. The van der Waals surface area contributed by atoms with Crippen molar-refractivity contribution in [3.8, 4) is 0 Å². The summed E-state index contributed by atoms with van der Waals surface area (Å²) in [6, 6.07) is 4.82. The summed E-state index contributed by atoms with van der Waals surface area (Å²) in [5.41, 5.74) is 6.52. The Labute approximate surface area is 124 Å². The second-order valence-corrected chi connectivity index (χ2v) is 5.37. The van der Waals surface area contributed by atoms with Gasteiger partial charge in [0.25, 0.3) is 5.91 Å². The van der Waals surface area contributed by atoms with Gasteiger partial charge in [0, 0.05) is 32.2 Å². The monoisotopic (exact) mass is 297 g/mol. The number of benzene rings is 1. The van der Waals surface area contributed by atoms with Crippen molar-refractivity contribution in [1.29, 1.82) is 0 Å². The minimum atomic E-state index is -0.207. The van der Waals surface area contributed by atoms with Crippen molar-refractivity contribution in [2.45, 2.75) is 25.8 Å². The molecule has 0 saturated heterocycles. The van der Waals surface area contributed by atoms with Gasteiger partial charge in [0.2, 0.25) is 5.91 Å². The van der Waals surface area contributed by atoms with E-state index in [2.05, 4.69) is 5.32 Å². The van der Waals surface area contributed by atoms with Gasteiger partial charge >= 0.3 is 0 Å². The molecule has 5 nitrogen and oxygen atoms in total. The summed E-state index contributed by atoms with van der Waals surface area (Å²) < 4.78 is 0. The summed E-state index contributed by atoms with van der Waals surface area (Å²) in [6.07, 6.45) is 0.958. The highest BCUT2D eigenvalue weighted by molar-refractivity contribution is 6.34. The van der Waals surface area contributed by atoms with Gasteiger partial charge in [-0.05, 0) is 31.5 Å². The number of hydrogen-bond donors (Lipinski definition) is 2. The number of hydrogen-bond acceptors (Lipinski definition) is 3. The van der Waals surface area contributed by atoms with Crippen LogP contribution in [0, 0.1) is 0 Å². The van der Waals surface area contributed by atoms with Crippen LogP contribution >= 0.6 is 11.6 Å². The number of nitrogens with two attached hydrogens (primary N) is 1. The summed E-state index contributed by atoms with van der Waals surface area (Å²) in [5.74, 6) is -0.338. The van der Waals surface area contributed by atoms with Crippen LogP contribution in [0.3, 0.4) is 0 Å². The van der Waals surface area contributed by atoms with E-state index in [0.717, 1.165) is 0 Å². The predicted octanol–water partition coefficient (Wildman–Crippen LogP) is 2.11. The highest BCUT2D eigenvalue weighted by Crippen LogP contribution is 2.22. The Morgan fingerprint density at radius 2 is 2.05 bits per heavy atom. The Kier molecular flexibility index (Phi) is 5.98. The Morgan fingerprint density at radius 1 is 1.40 bits per heavy atom. The SMILES string of the molecule is CC(N)CCC(=O)Nc1ccc(Cl)c(C(=O)N(C)C)c1. The number of rotatable bonds is 5. The molecule has 1 atom stereocenters. The van der Waals surface area contributed by atoms with Gasteiger partial charge < -0.3 is 16.0 Å². The van der Waals surface area contributed by atoms with Crippen LogP contribution in [-0.4, -0.2) is 36.9 Å². The van der Waals surface area contributed by atoms with Crippen LogP contribution in [-0.2, 0) is 4.79 Å². The molecule has 0 aliphatic carbocycles. The lowest BCUT2D eigenvalue weighted by atomic mass is 10.1. The molecular formula is C14H20ClN3O2. The standard InChI is InChI=1S/C14H20ClN3O2/c1-9(16)4-7-13(19)17-10-5-6-12(15)11(8-10)14(20)18(2)3/h5-6,8-9H,4,7,16H2,1-3H3,(H,17,19). The third kappa shape index (κ3) is 4.83. The lowest BCUT2D eigenvalue weighted by molar-refractivity contribution is -0.116. The summed E-state index contributed by atoms with van der Waals surface area (Å²) in [6.45, 7) is 1.85. The Hall–Kier alpha value is -1.59. The number of amides is 2. The van der Waals surface area contributed by atoms with E-state index in [1.54, 1.807) is 32.3 Å². The minimum Gasteiger partial charge on any atom is -0.345 e. The van der Waals surface area contributed by atoms with Crippen molar-refractivity contribution in [2.75, 3.05) is 19.4 Å². The quantitative estimate of drug-likeness (QED) is 0.874. The van der Waals surface area contributed by atoms with E-state index in [0.29, 0.717) is 29.1 Å². The maximum Gasteiger partial charge on any atom is 0.254 e. The van der Waals surface area contributed by atoms with Gasteiger partial charge in [-0.1, -0.05) is 11.6 Å². The van der Waals surface area contributed by atoms with Crippen molar-refractivity contribution < 1.29 is 9.59 Å². The zero-order valence-corrected chi connectivity index (χ0v) is 12.7. The van der Waals surface area contributed by atoms with Crippen LogP contribution in [0.2, 0.25) is 5.02 Å². The molecule has 0 fully saturated rings.